The summed E-state index contributed by atoms with van der Waals surface area (Å²) in [5.74, 6) is -0.311. The number of amides is 2. The summed E-state index contributed by atoms with van der Waals surface area (Å²) in [6.07, 6.45) is -1.36. The highest BCUT2D eigenvalue weighted by Gasteiger charge is 2.43. The van der Waals surface area contributed by atoms with Crippen LogP contribution < -0.4 is 10.6 Å². The Hall–Kier alpha value is -2.41. The largest absolute Gasteiger partial charge is 0.417 e. The molecule has 3 rings (SSSR count). The maximum atomic E-state index is 13.3. The van der Waals surface area contributed by atoms with E-state index in [1.54, 1.807) is 17.0 Å². The molecular weight excluding hydrogens is 429 g/mol. The van der Waals surface area contributed by atoms with Gasteiger partial charge in [-0.05, 0) is 49.1 Å². The highest BCUT2D eigenvalue weighted by molar-refractivity contribution is 7.99. The number of nitrogens with two attached hydrogens (primary N) is 1. The van der Waals surface area contributed by atoms with Gasteiger partial charge in [0.15, 0.2) is 0 Å². The first-order chi connectivity index (χ1) is 14.7. The second-order valence-electron chi connectivity index (χ2n) is 8.07. The summed E-state index contributed by atoms with van der Waals surface area (Å²) in [5, 5.41) is 8.97. The third kappa shape index (κ3) is 5.09. The molecule has 168 valence electrons. The number of rotatable bonds is 5. The van der Waals surface area contributed by atoms with Crippen LogP contribution in [0, 0.1) is 29.1 Å². The summed E-state index contributed by atoms with van der Waals surface area (Å²) in [6.45, 7) is 1.90. The van der Waals surface area contributed by atoms with E-state index in [4.69, 9.17) is 11.0 Å². The Morgan fingerprint density at radius 2 is 1.94 bits per heavy atom. The van der Waals surface area contributed by atoms with Gasteiger partial charge < -0.3 is 15.5 Å². The van der Waals surface area contributed by atoms with E-state index in [-0.39, 0.29) is 17.7 Å². The number of primary amides is 1. The van der Waals surface area contributed by atoms with Crippen LogP contribution >= 0.6 is 11.8 Å². The van der Waals surface area contributed by atoms with E-state index in [2.05, 4.69) is 0 Å². The first-order valence-electron chi connectivity index (χ1n) is 10.1. The van der Waals surface area contributed by atoms with E-state index in [0.717, 1.165) is 6.07 Å². The molecule has 0 aliphatic carbocycles. The van der Waals surface area contributed by atoms with Gasteiger partial charge in [-0.3, -0.25) is 9.59 Å². The fourth-order valence-corrected chi connectivity index (χ4v) is 5.10. The van der Waals surface area contributed by atoms with Crippen molar-refractivity contribution in [3.05, 3.63) is 29.3 Å². The van der Waals surface area contributed by atoms with Gasteiger partial charge in [0, 0.05) is 31.9 Å². The molecule has 0 aromatic heterocycles. The van der Waals surface area contributed by atoms with Crippen molar-refractivity contribution >= 4 is 29.3 Å². The molecule has 2 N–H and O–H groups in total. The first kappa shape index (κ1) is 23.3. The molecule has 6 nitrogen and oxygen atoms in total. The highest BCUT2D eigenvalue weighted by atomic mass is 32.2. The van der Waals surface area contributed by atoms with Gasteiger partial charge in [0.2, 0.25) is 11.8 Å². The second kappa shape index (κ2) is 9.39. The van der Waals surface area contributed by atoms with Gasteiger partial charge in [0.05, 0.1) is 28.9 Å². The number of likely N-dealkylation sites (tertiary alicyclic amines) is 1. The van der Waals surface area contributed by atoms with Crippen molar-refractivity contribution in [1.82, 2.24) is 4.90 Å². The second-order valence-corrected chi connectivity index (χ2v) is 8.93. The number of nitrogens with zero attached hydrogens (tertiary/aromatic N) is 3. The van der Waals surface area contributed by atoms with Crippen LogP contribution in [-0.2, 0) is 15.8 Å². The summed E-state index contributed by atoms with van der Waals surface area (Å²) < 4.78 is 39.8. The summed E-state index contributed by atoms with van der Waals surface area (Å²) in [7, 11) is 0. The van der Waals surface area contributed by atoms with Crippen molar-refractivity contribution in [3.63, 3.8) is 0 Å². The fourth-order valence-electron chi connectivity index (χ4n) is 4.67. The van der Waals surface area contributed by atoms with E-state index in [0.29, 0.717) is 50.5 Å². The van der Waals surface area contributed by atoms with Gasteiger partial charge >= 0.3 is 6.18 Å². The Bertz CT molecular complexity index is 878. The molecule has 0 saturated carbocycles. The predicted octanol–water partition coefficient (Wildman–Crippen LogP) is 2.72. The fraction of sp³-hybridized carbons (Fsp3) is 0.571. The van der Waals surface area contributed by atoms with E-state index in [9.17, 15) is 22.8 Å². The molecule has 2 saturated heterocycles. The topological polar surface area (TPSA) is 90.4 Å². The Kier molecular flexibility index (Phi) is 7.04. The number of piperidine rings is 1. The molecule has 1 aromatic carbocycles. The number of nitriles is 1. The van der Waals surface area contributed by atoms with Crippen LogP contribution in [0.15, 0.2) is 18.2 Å². The smallest absolute Gasteiger partial charge is 0.372 e. The van der Waals surface area contributed by atoms with Crippen molar-refractivity contribution in [2.75, 3.05) is 43.1 Å². The van der Waals surface area contributed by atoms with Crippen molar-refractivity contribution < 1.29 is 22.8 Å². The lowest BCUT2D eigenvalue weighted by molar-refractivity contribution is -0.137. The first-order valence-corrected chi connectivity index (χ1v) is 11.5. The number of anilines is 1. The molecule has 10 heteroatoms. The lowest BCUT2D eigenvalue weighted by Gasteiger charge is -2.37. The number of halogens is 3. The zero-order valence-electron chi connectivity index (χ0n) is 17.2. The quantitative estimate of drug-likeness (QED) is 0.739. The number of alkyl halides is 3. The number of thioether (sulfide) groups is 1. The lowest BCUT2D eigenvalue weighted by Crippen LogP contribution is -2.40. The van der Waals surface area contributed by atoms with Crippen molar-refractivity contribution in [1.29, 1.82) is 5.26 Å². The minimum atomic E-state index is -4.59. The Balaban J connectivity index is 1.70. The molecular formula is C21H25F3N4O2S. The van der Waals surface area contributed by atoms with Crippen molar-refractivity contribution in [2.45, 2.75) is 19.0 Å². The van der Waals surface area contributed by atoms with Crippen LogP contribution in [0.5, 0.6) is 0 Å². The van der Waals surface area contributed by atoms with E-state index in [1.165, 1.54) is 17.8 Å². The normalized spacial score (nSPS) is 22.4. The van der Waals surface area contributed by atoms with Gasteiger partial charge in [-0.15, -0.1) is 0 Å². The third-order valence-corrected chi connectivity index (χ3v) is 6.83. The van der Waals surface area contributed by atoms with Crippen LogP contribution in [0.25, 0.3) is 0 Å². The molecule has 0 unspecified atom stereocenters. The Morgan fingerprint density at radius 3 is 2.48 bits per heavy atom. The van der Waals surface area contributed by atoms with Gasteiger partial charge in [-0.1, -0.05) is 0 Å². The molecule has 2 amide bonds. The molecule has 2 aliphatic heterocycles. The molecule has 2 atom stereocenters. The van der Waals surface area contributed by atoms with Gasteiger partial charge in [-0.2, -0.15) is 30.2 Å². The minimum Gasteiger partial charge on any atom is -0.372 e. The average Bonchev–Trinajstić information content (AvgIpc) is 3.19. The highest BCUT2D eigenvalue weighted by Crippen LogP contribution is 2.38. The van der Waals surface area contributed by atoms with Crippen LogP contribution in [-0.4, -0.2) is 54.9 Å². The number of hydrogen-bond acceptors (Lipinski definition) is 5. The monoisotopic (exact) mass is 454 g/mol. The van der Waals surface area contributed by atoms with Crippen molar-refractivity contribution in [3.8, 4) is 6.07 Å². The maximum Gasteiger partial charge on any atom is 0.417 e. The van der Waals surface area contributed by atoms with Gasteiger partial charge in [-0.25, -0.2) is 0 Å². The van der Waals surface area contributed by atoms with E-state index in [1.807, 2.05) is 11.2 Å². The predicted molar refractivity (Wildman–Crippen MR) is 112 cm³/mol. The third-order valence-electron chi connectivity index (χ3n) is 6.29. The molecule has 0 bridgehead atoms. The van der Waals surface area contributed by atoms with Crippen molar-refractivity contribution in [2.24, 2.45) is 23.5 Å². The molecule has 2 heterocycles. The summed E-state index contributed by atoms with van der Waals surface area (Å²) in [6, 6.07) is 5.38. The number of carbonyl (C=O) groups excluding carboxylic acids is 2. The van der Waals surface area contributed by atoms with Crippen LogP contribution in [0.3, 0.4) is 0 Å². The summed E-state index contributed by atoms with van der Waals surface area (Å²) in [4.78, 5) is 27.8. The number of carbonyl (C=O) groups is 2. The maximum absolute atomic E-state index is 13.3. The average molecular weight is 455 g/mol. The molecule has 0 radical (unpaired) electrons. The van der Waals surface area contributed by atoms with Crippen LogP contribution in [0.2, 0.25) is 0 Å². The molecule has 2 aliphatic rings. The standard InChI is InChI=1S/C21H25F3N4O2S/c1-31-12-19(29)28-10-16(17(11-28)20(26)30)13-4-6-27(7-5-13)15-3-2-14(9-25)18(8-15)21(22,23)24/h2-3,8,13,16-17H,4-7,10-12H2,1H3,(H2,26,30)/t16-,17+/m0/s1. The minimum absolute atomic E-state index is 0.00375. The summed E-state index contributed by atoms with van der Waals surface area (Å²) in [5.41, 5.74) is 4.72. The van der Waals surface area contributed by atoms with Crippen LogP contribution in [0.1, 0.15) is 24.0 Å². The van der Waals surface area contributed by atoms with Gasteiger partial charge in [0.1, 0.15) is 0 Å². The Labute approximate surface area is 183 Å². The zero-order chi connectivity index (χ0) is 22.8. The van der Waals surface area contributed by atoms with Crippen LogP contribution in [0.4, 0.5) is 18.9 Å². The Morgan fingerprint density at radius 1 is 1.26 bits per heavy atom. The van der Waals surface area contributed by atoms with E-state index >= 15 is 0 Å². The number of hydrogen-bond donors (Lipinski definition) is 1. The van der Waals surface area contributed by atoms with Gasteiger partial charge in [0.25, 0.3) is 0 Å². The number of benzene rings is 1. The van der Waals surface area contributed by atoms with E-state index < -0.39 is 29.1 Å². The zero-order valence-corrected chi connectivity index (χ0v) is 18.0. The molecule has 31 heavy (non-hydrogen) atoms. The SMILES string of the molecule is CSCC(=O)N1C[C@@H](C(N)=O)[C@H](C2CCN(c3ccc(C#N)c(C(F)(F)F)c3)CC2)C1. The summed E-state index contributed by atoms with van der Waals surface area (Å²) >= 11 is 1.43. The molecule has 0 spiro atoms. The molecule has 1 aromatic rings. The lowest BCUT2D eigenvalue weighted by atomic mass is 9.78. The molecule has 2 fully saturated rings.